The predicted molar refractivity (Wildman–Crippen MR) is 88.4 cm³/mol. The number of nitrogens with zero attached hydrogens (tertiary/aromatic N) is 1. The molecule has 1 amide bonds. The van der Waals surface area contributed by atoms with Crippen molar-refractivity contribution >= 4 is 17.4 Å². The van der Waals surface area contributed by atoms with Crippen molar-refractivity contribution in [3.05, 3.63) is 65.0 Å². The maximum atomic E-state index is 12.8. The van der Waals surface area contributed by atoms with Gasteiger partial charge in [-0.1, -0.05) is 0 Å². The lowest BCUT2D eigenvalue weighted by Gasteiger charge is -2.10. The topological polar surface area (TPSA) is 82.0 Å². The fourth-order valence-electron chi connectivity index (χ4n) is 2.08. The molecule has 0 fully saturated rings. The Morgan fingerprint density at radius 2 is 1.75 bits per heavy atom. The minimum atomic E-state index is -0.400. The molecule has 6 heteroatoms. The molecule has 0 saturated carbocycles. The maximum absolute atomic E-state index is 12.8. The summed E-state index contributed by atoms with van der Waals surface area (Å²) < 4.78 is 12.8. The van der Waals surface area contributed by atoms with Crippen molar-refractivity contribution in [2.24, 2.45) is 0 Å². The fraction of sp³-hybridized carbons (Fsp3) is 0.167. The van der Waals surface area contributed by atoms with Crippen LogP contribution >= 0.6 is 0 Å². The van der Waals surface area contributed by atoms with E-state index in [9.17, 15) is 14.0 Å². The third-order valence-corrected chi connectivity index (χ3v) is 3.38. The molecule has 0 saturated heterocycles. The van der Waals surface area contributed by atoms with Crippen LogP contribution in [0.25, 0.3) is 0 Å². The highest BCUT2D eigenvalue weighted by Crippen LogP contribution is 2.17. The molecule has 0 aliphatic rings. The molecule has 0 aromatic heterocycles. The normalized spacial score (nSPS) is 9.88. The third kappa shape index (κ3) is 4.40. The molecule has 0 atom stereocenters. The van der Waals surface area contributed by atoms with Crippen LogP contribution in [0.4, 0.5) is 10.1 Å². The lowest BCUT2D eigenvalue weighted by molar-refractivity contribution is 0.0954. The van der Waals surface area contributed by atoms with Gasteiger partial charge in [0, 0.05) is 24.2 Å². The van der Waals surface area contributed by atoms with E-state index in [0.29, 0.717) is 35.5 Å². The molecule has 24 heavy (non-hydrogen) atoms. The number of rotatable bonds is 6. The van der Waals surface area contributed by atoms with Crippen LogP contribution in [0.15, 0.2) is 42.5 Å². The highest BCUT2D eigenvalue weighted by Gasteiger charge is 2.07. The van der Waals surface area contributed by atoms with E-state index in [0.717, 1.165) is 0 Å². The van der Waals surface area contributed by atoms with Gasteiger partial charge in [0.15, 0.2) is 5.78 Å². The van der Waals surface area contributed by atoms with Crippen LogP contribution in [0, 0.1) is 17.1 Å². The number of nitrogens with one attached hydrogen (secondary N) is 2. The molecular weight excluding hydrogens is 309 g/mol. The fourth-order valence-corrected chi connectivity index (χ4v) is 2.08. The number of carbonyl (C=O) groups is 2. The van der Waals surface area contributed by atoms with Crippen molar-refractivity contribution in [1.82, 2.24) is 5.32 Å². The summed E-state index contributed by atoms with van der Waals surface area (Å²) in [4.78, 5) is 23.3. The quantitative estimate of drug-likeness (QED) is 0.632. The Hall–Kier alpha value is -3.20. The second-order valence-electron chi connectivity index (χ2n) is 5.12. The van der Waals surface area contributed by atoms with Crippen molar-refractivity contribution in [3.63, 3.8) is 0 Å². The van der Waals surface area contributed by atoms with E-state index in [4.69, 9.17) is 5.26 Å². The van der Waals surface area contributed by atoms with Gasteiger partial charge in [0.1, 0.15) is 11.9 Å². The van der Waals surface area contributed by atoms with E-state index in [1.54, 1.807) is 18.2 Å². The molecule has 0 spiro atoms. The van der Waals surface area contributed by atoms with Crippen molar-refractivity contribution in [3.8, 4) is 6.07 Å². The zero-order valence-electron chi connectivity index (χ0n) is 13.1. The van der Waals surface area contributed by atoms with Crippen LogP contribution in [-0.2, 0) is 0 Å². The number of Topliss-reactive ketones (excluding diaryl/α,β-unsaturated/α-hetero) is 1. The number of carbonyl (C=O) groups excluding carboxylic acids is 2. The number of anilines is 1. The minimum absolute atomic E-state index is 0.0906. The van der Waals surface area contributed by atoms with Gasteiger partial charge in [0.2, 0.25) is 0 Å². The Bertz CT molecular complexity index is 795. The zero-order valence-corrected chi connectivity index (χ0v) is 13.1. The average molecular weight is 325 g/mol. The molecule has 0 unspecified atom stereocenters. The smallest absolute Gasteiger partial charge is 0.251 e. The number of ketones is 1. The summed E-state index contributed by atoms with van der Waals surface area (Å²) in [5.74, 6) is -0.801. The third-order valence-electron chi connectivity index (χ3n) is 3.38. The molecular formula is C18H16FN3O2. The summed E-state index contributed by atoms with van der Waals surface area (Å²) >= 11 is 0. The van der Waals surface area contributed by atoms with E-state index in [1.165, 1.54) is 31.2 Å². The van der Waals surface area contributed by atoms with E-state index in [2.05, 4.69) is 10.6 Å². The highest BCUT2D eigenvalue weighted by atomic mass is 19.1. The van der Waals surface area contributed by atoms with Crippen LogP contribution < -0.4 is 10.6 Å². The Labute approximate surface area is 139 Å². The first kappa shape index (κ1) is 17.2. The summed E-state index contributed by atoms with van der Waals surface area (Å²) in [5, 5.41) is 14.8. The van der Waals surface area contributed by atoms with Gasteiger partial charge in [0.25, 0.3) is 5.91 Å². The van der Waals surface area contributed by atoms with Crippen LogP contribution in [0.1, 0.15) is 33.2 Å². The van der Waals surface area contributed by atoms with Crippen LogP contribution in [0.5, 0.6) is 0 Å². The number of halogens is 1. The van der Waals surface area contributed by atoms with Gasteiger partial charge in [-0.15, -0.1) is 0 Å². The Morgan fingerprint density at radius 1 is 1.08 bits per heavy atom. The Morgan fingerprint density at radius 3 is 2.38 bits per heavy atom. The number of hydrogen-bond donors (Lipinski definition) is 2. The number of benzene rings is 2. The lowest BCUT2D eigenvalue weighted by atomic mass is 10.1. The van der Waals surface area contributed by atoms with Crippen molar-refractivity contribution in [2.75, 3.05) is 18.4 Å². The first-order chi connectivity index (χ1) is 11.5. The van der Waals surface area contributed by atoms with Crippen molar-refractivity contribution in [1.29, 1.82) is 5.26 Å². The average Bonchev–Trinajstić information content (AvgIpc) is 2.58. The van der Waals surface area contributed by atoms with E-state index >= 15 is 0 Å². The second kappa shape index (κ2) is 7.88. The molecule has 122 valence electrons. The Balaban J connectivity index is 1.91. The monoisotopic (exact) mass is 325 g/mol. The molecule has 2 aromatic carbocycles. The molecule has 0 radical (unpaired) electrons. The first-order valence-electron chi connectivity index (χ1n) is 7.34. The Kier molecular flexibility index (Phi) is 5.63. The minimum Gasteiger partial charge on any atom is -0.382 e. The van der Waals surface area contributed by atoms with Gasteiger partial charge in [-0.3, -0.25) is 9.59 Å². The second-order valence-corrected chi connectivity index (χ2v) is 5.12. The van der Waals surface area contributed by atoms with E-state index < -0.39 is 5.82 Å². The van der Waals surface area contributed by atoms with Gasteiger partial charge in [-0.2, -0.15) is 5.26 Å². The number of amides is 1. The summed E-state index contributed by atoms with van der Waals surface area (Å²) in [7, 11) is 0. The predicted octanol–water partition coefficient (Wildman–Crippen LogP) is 2.74. The van der Waals surface area contributed by atoms with Crippen LogP contribution in [0.2, 0.25) is 0 Å². The molecule has 0 aliphatic carbocycles. The van der Waals surface area contributed by atoms with Crippen LogP contribution in [-0.4, -0.2) is 24.8 Å². The maximum Gasteiger partial charge on any atom is 0.251 e. The molecule has 2 N–H and O–H groups in total. The summed E-state index contributed by atoms with van der Waals surface area (Å²) in [5.41, 5.74) is 1.84. The van der Waals surface area contributed by atoms with Gasteiger partial charge < -0.3 is 10.6 Å². The first-order valence-corrected chi connectivity index (χ1v) is 7.34. The van der Waals surface area contributed by atoms with Gasteiger partial charge in [-0.05, 0) is 49.4 Å². The van der Waals surface area contributed by atoms with E-state index in [-0.39, 0.29) is 11.7 Å². The standard InChI is InChI=1S/C18H16FN3O2/c1-12(23)14-2-3-15(11-20)17(10-14)21-8-9-22-18(24)13-4-6-16(19)7-5-13/h2-7,10,21H,8-9H2,1H3,(H,22,24). The van der Waals surface area contributed by atoms with Gasteiger partial charge >= 0.3 is 0 Å². The summed E-state index contributed by atoms with van der Waals surface area (Å²) in [6, 6.07) is 12.1. The van der Waals surface area contributed by atoms with Crippen LogP contribution in [0.3, 0.4) is 0 Å². The highest BCUT2D eigenvalue weighted by molar-refractivity contribution is 5.95. The number of nitriles is 1. The summed E-state index contributed by atoms with van der Waals surface area (Å²) in [6.07, 6.45) is 0. The number of hydrogen-bond acceptors (Lipinski definition) is 4. The molecule has 5 nitrogen and oxygen atoms in total. The van der Waals surface area contributed by atoms with Crippen molar-refractivity contribution in [2.45, 2.75) is 6.92 Å². The summed E-state index contributed by atoms with van der Waals surface area (Å²) in [6.45, 7) is 2.14. The largest absolute Gasteiger partial charge is 0.382 e. The molecule has 0 bridgehead atoms. The molecule has 0 heterocycles. The molecule has 2 aromatic rings. The van der Waals surface area contributed by atoms with E-state index in [1.807, 2.05) is 6.07 Å². The lowest BCUT2D eigenvalue weighted by Crippen LogP contribution is -2.28. The molecule has 2 rings (SSSR count). The van der Waals surface area contributed by atoms with Gasteiger partial charge in [0.05, 0.1) is 11.3 Å². The van der Waals surface area contributed by atoms with Crippen molar-refractivity contribution < 1.29 is 14.0 Å². The zero-order chi connectivity index (χ0) is 17.5. The molecule has 0 aliphatic heterocycles. The van der Waals surface area contributed by atoms with Gasteiger partial charge in [-0.25, -0.2) is 4.39 Å². The SMILES string of the molecule is CC(=O)c1ccc(C#N)c(NCCNC(=O)c2ccc(F)cc2)c1.